The van der Waals surface area contributed by atoms with Crippen molar-refractivity contribution < 1.29 is 18.7 Å². The fourth-order valence-corrected chi connectivity index (χ4v) is 5.00. The summed E-state index contributed by atoms with van der Waals surface area (Å²) in [6.07, 6.45) is 1.70. The Labute approximate surface area is 205 Å². The fraction of sp³-hybridized carbons (Fsp3) is 0.429. The minimum absolute atomic E-state index is 0.140. The number of morpholine rings is 1. The summed E-state index contributed by atoms with van der Waals surface area (Å²) in [6.45, 7) is 9.30. The maximum absolute atomic E-state index is 13.7. The van der Waals surface area contributed by atoms with Gasteiger partial charge in [-0.3, -0.25) is 14.5 Å². The highest BCUT2D eigenvalue weighted by Gasteiger charge is 2.42. The molecule has 35 heavy (non-hydrogen) atoms. The predicted octanol–water partition coefficient (Wildman–Crippen LogP) is 4.16. The molecular formula is C28H32N2O5. The van der Waals surface area contributed by atoms with Crippen molar-refractivity contribution in [2.75, 3.05) is 46.0 Å². The first kappa shape index (κ1) is 23.6. The van der Waals surface area contributed by atoms with Crippen LogP contribution in [0.25, 0.3) is 11.0 Å². The zero-order valence-electron chi connectivity index (χ0n) is 20.4. The van der Waals surface area contributed by atoms with Gasteiger partial charge in [0.05, 0.1) is 36.8 Å². The van der Waals surface area contributed by atoms with Gasteiger partial charge in [-0.2, -0.15) is 0 Å². The van der Waals surface area contributed by atoms with E-state index in [1.807, 2.05) is 43.3 Å². The van der Waals surface area contributed by atoms with E-state index in [9.17, 15) is 9.59 Å². The van der Waals surface area contributed by atoms with E-state index in [0.717, 1.165) is 62.6 Å². The average Bonchev–Trinajstić information content (AvgIpc) is 3.16. The molecule has 1 aromatic heterocycles. The summed E-state index contributed by atoms with van der Waals surface area (Å²) < 4.78 is 17.4. The molecule has 0 aliphatic carbocycles. The Morgan fingerprint density at radius 3 is 2.69 bits per heavy atom. The van der Waals surface area contributed by atoms with Gasteiger partial charge in [0.25, 0.3) is 5.91 Å². The van der Waals surface area contributed by atoms with Crippen molar-refractivity contribution in [2.24, 2.45) is 0 Å². The SMILES string of the molecule is CCCOc1cccc(C2c3c(oc4ccc(C)cc4c3=O)C(=O)N2CCCN2CCOCC2)c1. The van der Waals surface area contributed by atoms with Crippen LogP contribution in [0, 0.1) is 6.92 Å². The fourth-order valence-electron chi connectivity index (χ4n) is 5.00. The van der Waals surface area contributed by atoms with Crippen molar-refractivity contribution >= 4 is 16.9 Å². The van der Waals surface area contributed by atoms with Crippen LogP contribution in [0.2, 0.25) is 0 Å². The maximum Gasteiger partial charge on any atom is 0.290 e. The molecule has 3 aromatic rings. The van der Waals surface area contributed by atoms with Crippen LogP contribution < -0.4 is 10.2 Å². The van der Waals surface area contributed by atoms with E-state index >= 15 is 0 Å². The normalized spacial score (nSPS) is 18.3. The second-order valence-corrected chi connectivity index (χ2v) is 9.30. The van der Waals surface area contributed by atoms with Crippen molar-refractivity contribution in [3.8, 4) is 5.75 Å². The molecule has 0 N–H and O–H groups in total. The molecule has 184 valence electrons. The Morgan fingerprint density at radius 2 is 1.89 bits per heavy atom. The Bertz CT molecular complexity index is 1280. The summed E-state index contributed by atoms with van der Waals surface area (Å²) >= 11 is 0. The lowest BCUT2D eigenvalue weighted by atomic mass is 9.98. The van der Waals surface area contributed by atoms with Gasteiger partial charge in [0.2, 0.25) is 5.76 Å². The summed E-state index contributed by atoms with van der Waals surface area (Å²) in [5, 5.41) is 0.509. The van der Waals surface area contributed by atoms with E-state index in [-0.39, 0.29) is 17.1 Å². The van der Waals surface area contributed by atoms with Crippen LogP contribution in [0.3, 0.4) is 0 Å². The van der Waals surface area contributed by atoms with Gasteiger partial charge in [-0.25, -0.2) is 0 Å². The zero-order chi connectivity index (χ0) is 24.4. The number of carbonyl (C=O) groups excluding carboxylic acids is 1. The summed E-state index contributed by atoms with van der Waals surface area (Å²) in [6, 6.07) is 12.7. The van der Waals surface area contributed by atoms with Gasteiger partial charge in [-0.15, -0.1) is 0 Å². The second-order valence-electron chi connectivity index (χ2n) is 9.30. The third-order valence-electron chi connectivity index (χ3n) is 6.74. The van der Waals surface area contributed by atoms with Crippen molar-refractivity contribution in [3.63, 3.8) is 0 Å². The Hall–Kier alpha value is -3.16. The highest BCUT2D eigenvalue weighted by atomic mass is 16.5. The first-order valence-electron chi connectivity index (χ1n) is 12.5. The standard InChI is InChI=1S/C28H32N2O5/c1-3-14-34-21-7-4-6-20(18-21)25-24-26(31)22-17-19(2)8-9-23(22)35-27(24)28(32)30(25)11-5-10-29-12-15-33-16-13-29/h4,6-9,17-18,25H,3,5,10-16H2,1-2H3. The highest BCUT2D eigenvalue weighted by molar-refractivity contribution is 5.99. The van der Waals surface area contributed by atoms with Crippen LogP contribution in [0.15, 0.2) is 51.7 Å². The van der Waals surface area contributed by atoms with E-state index in [1.165, 1.54) is 0 Å². The van der Waals surface area contributed by atoms with Crippen molar-refractivity contribution in [1.82, 2.24) is 9.80 Å². The smallest absolute Gasteiger partial charge is 0.290 e. The second kappa shape index (κ2) is 10.2. The number of carbonyl (C=O) groups is 1. The molecule has 0 radical (unpaired) electrons. The van der Waals surface area contributed by atoms with E-state index in [4.69, 9.17) is 13.9 Å². The van der Waals surface area contributed by atoms with Crippen molar-refractivity contribution in [3.05, 3.63) is 75.1 Å². The number of rotatable bonds is 8. The third kappa shape index (κ3) is 4.70. The number of ether oxygens (including phenoxy) is 2. The number of hydrogen-bond acceptors (Lipinski definition) is 6. The summed E-state index contributed by atoms with van der Waals surface area (Å²) in [5.74, 6) is 0.661. The van der Waals surface area contributed by atoms with Gasteiger partial charge in [0.1, 0.15) is 11.3 Å². The van der Waals surface area contributed by atoms with Crippen molar-refractivity contribution in [2.45, 2.75) is 32.7 Å². The third-order valence-corrected chi connectivity index (χ3v) is 6.74. The van der Waals surface area contributed by atoms with Crippen LogP contribution >= 0.6 is 0 Å². The molecule has 2 aliphatic heterocycles. The predicted molar refractivity (Wildman–Crippen MR) is 134 cm³/mol. The van der Waals surface area contributed by atoms with E-state index in [0.29, 0.717) is 29.7 Å². The van der Waals surface area contributed by atoms with Crippen molar-refractivity contribution in [1.29, 1.82) is 0 Å². The molecule has 1 unspecified atom stereocenters. The molecule has 0 bridgehead atoms. The van der Waals surface area contributed by atoms with Crippen LogP contribution in [0.1, 0.15) is 53.1 Å². The van der Waals surface area contributed by atoms with Gasteiger partial charge in [-0.1, -0.05) is 30.7 Å². The summed E-state index contributed by atoms with van der Waals surface area (Å²) in [5.41, 5.74) is 2.56. The van der Waals surface area contributed by atoms with Gasteiger partial charge < -0.3 is 18.8 Å². The lowest BCUT2D eigenvalue weighted by Gasteiger charge is -2.29. The molecule has 1 saturated heterocycles. The Kier molecular flexibility index (Phi) is 6.88. The first-order valence-corrected chi connectivity index (χ1v) is 12.5. The number of fused-ring (bicyclic) bond motifs is 2. The number of nitrogens with zero attached hydrogens (tertiary/aromatic N) is 2. The summed E-state index contributed by atoms with van der Waals surface area (Å²) in [4.78, 5) is 31.5. The first-order chi connectivity index (χ1) is 17.1. The Balaban J connectivity index is 1.53. The molecule has 0 saturated carbocycles. The lowest BCUT2D eigenvalue weighted by molar-refractivity contribution is 0.0353. The molecule has 0 spiro atoms. The van der Waals surface area contributed by atoms with Gasteiger partial charge in [0.15, 0.2) is 5.43 Å². The molecule has 3 heterocycles. The molecular weight excluding hydrogens is 444 g/mol. The number of benzene rings is 2. The molecule has 1 atom stereocenters. The van der Waals surface area contributed by atoms with Gasteiger partial charge in [-0.05, 0) is 49.6 Å². The molecule has 2 aliphatic rings. The molecule has 1 amide bonds. The number of hydrogen-bond donors (Lipinski definition) is 0. The quantitative estimate of drug-likeness (QED) is 0.486. The maximum atomic E-state index is 13.7. The topological polar surface area (TPSA) is 72.2 Å². The molecule has 5 rings (SSSR count). The lowest BCUT2D eigenvalue weighted by Crippen LogP contribution is -2.38. The van der Waals surface area contributed by atoms with Crippen LogP contribution in [0.5, 0.6) is 5.75 Å². The molecule has 1 fully saturated rings. The van der Waals surface area contributed by atoms with E-state index in [1.54, 1.807) is 11.0 Å². The molecule has 7 nitrogen and oxygen atoms in total. The van der Waals surface area contributed by atoms with Crippen LogP contribution in [-0.2, 0) is 4.74 Å². The summed E-state index contributed by atoms with van der Waals surface area (Å²) in [7, 11) is 0. The minimum atomic E-state index is -0.506. The minimum Gasteiger partial charge on any atom is -0.494 e. The monoisotopic (exact) mass is 476 g/mol. The highest BCUT2D eigenvalue weighted by Crippen LogP contribution is 2.39. The number of aryl methyl sites for hydroxylation is 1. The van der Waals surface area contributed by atoms with Crippen LogP contribution in [0.4, 0.5) is 0 Å². The Morgan fingerprint density at radius 1 is 1.06 bits per heavy atom. The van der Waals surface area contributed by atoms with Crippen LogP contribution in [-0.4, -0.2) is 61.7 Å². The van der Waals surface area contributed by atoms with E-state index in [2.05, 4.69) is 11.8 Å². The molecule has 7 heteroatoms. The average molecular weight is 477 g/mol. The van der Waals surface area contributed by atoms with Gasteiger partial charge >= 0.3 is 0 Å². The largest absolute Gasteiger partial charge is 0.494 e. The zero-order valence-corrected chi connectivity index (χ0v) is 20.4. The molecule has 2 aromatic carbocycles. The van der Waals surface area contributed by atoms with E-state index < -0.39 is 6.04 Å². The number of amides is 1. The van der Waals surface area contributed by atoms with Gasteiger partial charge in [0, 0.05) is 26.2 Å².